The van der Waals surface area contributed by atoms with E-state index in [0.29, 0.717) is 17.4 Å². The van der Waals surface area contributed by atoms with E-state index in [0.717, 1.165) is 35.0 Å². The van der Waals surface area contributed by atoms with E-state index < -0.39 is 10.0 Å². The van der Waals surface area contributed by atoms with E-state index in [1.165, 1.54) is 0 Å². The number of rotatable bonds is 3. The van der Waals surface area contributed by atoms with E-state index in [4.69, 9.17) is 0 Å². The molecule has 23 heavy (non-hydrogen) atoms. The molecule has 1 heterocycles. The molecule has 3 rings (SSSR count). The molecule has 2 aromatic carbocycles. The first-order valence-corrected chi connectivity index (χ1v) is 10.3. The van der Waals surface area contributed by atoms with Crippen molar-refractivity contribution in [3.8, 4) is 0 Å². The highest BCUT2D eigenvalue weighted by Gasteiger charge is 2.30. The van der Waals surface area contributed by atoms with Crippen molar-refractivity contribution in [3.63, 3.8) is 0 Å². The maximum Gasteiger partial charge on any atom is 0.264 e. The van der Waals surface area contributed by atoms with E-state index in [9.17, 15) is 8.42 Å². The summed E-state index contributed by atoms with van der Waals surface area (Å²) in [5, 5.41) is 0.850. The number of nitrogens with zero attached hydrogens (tertiary/aromatic N) is 1. The number of sulfonamides is 1. The second kappa shape index (κ2) is 6.65. The van der Waals surface area contributed by atoms with Crippen LogP contribution in [-0.2, 0) is 10.0 Å². The zero-order valence-electron chi connectivity index (χ0n) is 13.1. The second-order valence-corrected chi connectivity index (χ2v) is 8.45. The third kappa shape index (κ3) is 3.17. The number of para-hydroxylation sites is 1. The van der Waals surface area contributed by atoms with Gasteiger partial charge in [-0.15, -0.1) is 0 Å². The van der Waals surface area contributed by atoms with Gasteiger partial charge in [-0.2, -0.15) is 0 Å². The highest BCUT2D eigenvalue weighted by atomic mass is 79.9. The van der Waals surface area contributed by atoms with E-state index in [1.54, 1.807) is 16.4 Å². The molecule has 1 atom stereocenters. The molecule has 0 saturated carbocycles. The zero-order chi connectivity index (χ0) is 16.4. The van der Waals surface area contributed by atoms with Gasteiger partial charge in [0.1, 0.15) is 0 Å². The number of benzene rings is 2. The van der Waals surface area contributed by atoms with Crippen LogP contribution in [0, 0.1) is 6.92 Å². The van der Waals surface area contributed by atoms with E-state index in [2.05, 4.69) is 15.9 Å². The Balaban J connectivity index is 2.09. The lowest BCUT2D eigenvalue weighted by molar-refractivity contribution is 0.588. The van der Waals surface area contributed by atoms with Crippen molar-refractivity contribution in [2.45, 2.75) is 30.6 Å². The highest BCUT2D eigenvalue weighted by molar-refractivity contribution is 9.09. The van der Waals surface area contributed by atoms with Crippen molar-refractivity contribution in [1.29, 1.82) is 0 Å². The Bertz CT molecular complexity index is 787. The lowest BCUT2D eigenvalue weighted by Gasteiger charge is -2.25. The Hall–Kier alpha value is -1.33. The smallest absolute Gasteiger partial charge is 0.264 e. The number of halogens is 1. The van der Waals surface area contributed by atoms with Gasteiger partial charge in [0.25, 0.3) is 10.0 Å². The molecule has 0 aliphatic carbocycles. The monoisotopic (exact) mass is 393 g/mol. The maximum absolute atomic E-state index is 13.1. The predicted molar refractivity (Wildman–Crippen MR) is 97.9 cm³/mol. The van der Waals surface area contributed by atoms with Gasteiger partial charge in [-0.3, -0.25) is 4.31 Å². The minimum atomic E-state index is -3.53. The van der Waals surface area contributed by atoms with Gasteiger partial charge in [-0.05, 0) is 49.4 Å². The normalized spacial score (nSPS) is 18.3. The summed E-state index contributed by atoms with van der Waals surface area (Å²) >= 11 is 3.57. The van der Waals surface area contributed by atoms with Crippen molar-refractivity contribution < 1.29 is 8.42 Å². The van der Waals surface area contributed by atoms with Crippen molar-refractivity contribution in [2.24, 2.45) is 0 Å². The SMILES string of the molecule is Cc1ccc(S(=O)(=O)N2CCC[C@H](CBr)c3ccccc32)cc1. The van der Waals surface area contributed by atoms with Crippen molar-refractivity contribution in [1.82, 2.24) is 0 Å². The van der Waals surface area contributed by atoms with Gasteiger partial charge < -0.3 is 0 Å². The van der Waals surface area contributed by atoms with Gasteiger partial charge in [-0.25, -0.2) is 8.42 Å². The molecule has 0 fully saturated rings. The Morgan fingerprint density at radius 2 is 1.83 bits per heavy atom. The quantitative estimate of drug-likeness (QED) is 0.721. The first kappa shape index (κ1) is 16.5. The van der Waals surface area contributed by atoms with Gasteiger partial charge in [-0.1, -0.05) is 51.8 Å². The van der Waals surface area contributed by atoms with Crippen LogP contribution in [0.1, 0.15) is 29.9 Å². The topological polar surface area (TPSA) is 37.4 Å². The van der Waals surface area contributed by atoms with Crippen molar-refractivity contribution in [2.75, 3.05) is 16.2 Å². The van der Waals surface area contributed by atoms with Crippen molar-refractivity contribution in [3.05, 3.63) is 59.7 Å². The summed E-state index contributed by atoms with van der Waals surface area (Å²) < 4.78 is 27.8. The van der Waals surface area contributed by atoms with E-state index in [1.807, 2.05) is 43.3 Å². The van der Waals surface area contributed by atoms with Gasteiger partial charge >= 0.3 is 0 Å². The number of hydrogen-bond donors (Lipinski definition) is 0. The van der Waals surface area contributed by atoms with Gasteiger partial charge in [0.15, 0.2) is 0 Å². The number of hydrogen-bond acceptors (Lipinski definition) is 2. The first-order valence-electron chi connectivity index (χ1n) is 7.78. The Kier molecular flexibility index (Phi) is 4.78. The lowest BCUT2D eigenvalue weighted by Crippen LogP contribution is -2.31. The largest absolute Gasteiger partial charge is 0.266 e. The standard InChI is InChI=1S/C18H20BrNO2S/c1-14-8-10-16(11-9-14)23(21,22)20-12-4-5-15(13-19)17-6-2-3-7-18(17)20/h2-3,6-11,15H,4-5,12-13H2,1H3/t15-/m1/s1. The lowest BCUT2D eigenvalue weighted by atomic mass is 9.96. The molecule has 1 aliphatic rings. The van der Waals surface area contributed by atoms with Crippen LogP contribution in [0.25, 0.3) is 0 Å². The predicted octanol–water partition coefficient (Wildman–Crippen LogP) is 4.46. The Labute approximate surface area is 146 Å². The number of alkyl halides is 1. The van der Waals surface area contributed by atoms with Gasteiger partial charge in [0.2, 0.25) is 0 Å². The van der Waals surface area contributed by atoms with E-state index in [-0.39, 0.29) is 0 Å². The van der Waals surface area contributed by atoms with Crippen LogP contribution in [-0.4, -0.2) is 20.3 Å². The first-order chi connectivity index (χ1) is 11.0. The zero-order valence-corrected chi connectivity index (χ0v) is 15.5. The highest BCUT2D eigenvalue weighted by Crippen LogP contribution is 2.37. The maximum atomic E-state index is 13.1. The molecule has 0 saturated heterocycles. The fraction of sp³-hybridized carbons (Fsp3) is 0.333. The average Bonchev–Trinajstić information content (AvgIpc) is 2.75. The molecule has 1 aliphatic heterocycles. The Morgan fingerprint density at radius 3 is 2.52 bits per heavy atom. The van der Waals surface area contributed by atoms with Crippen LogP contribution in [0.5, 0.6) is 0 Å². The summed E-state index contributed by atoms with van der Waals surface area (Å²) in [5.74, 6) is 0.351. The van der Waals surface area contributed by atoms with Gasteiger partial charge in [0, 0.05) is 11.9 Å². The van der Waals surface area contributed by atoms with Crippen molar-refractivity contribution >= 4 is 31.6 Å². The number of aryl methyl sites for hydroxylation is 1. The number of anilines is 1. The summed E-state index contributed by atoms with van der Waals surface area (Å²) in [7, 11) is -3.53. The number of fused-ring (bicyclic) bond motifs is 1. The molecule has 5 heteroatoms. The van der Waals surface area contributed by atoms with Crippen LogP contribution in [0.3, 0.4) is 0 Å². The van der Waals surface area contributed by atoms with Crippen LogP contribution >= 0.6 is 15.9 Å². The molecule has 0 aromatic heterocycles. The summed E-state index contributed by atoms with van der Waals surface area (Å²) in [4.78, 5) is 0.357. The molecule has 2 aromatic rings. The Morgan fingerprint density at radius 1 is 1.13 bits per heavy atom. The molecule has 122 valence electrons. The molecule has 3 nitrogen and oxygen atoms in total. The molecular weight excluding hydrogens is 374 g/mol. The minimum Gasteiger partial charge on any atom is -0.266 e. The molecule has 0 radical (unpaired) electrons. The second-order valence-electron chi connectivity index (χ2n) is 5.94. The van der Waals surface area contributed by atoms with Crippen LogP contribution in [0.15, 0.2) is 53.4 Å². The third-order valence-electron chi connectivity index (χ3n) is 4.35. The minimum absolute atomic E-state index is 0.351. The molecule has 0 unspecified atom stereocenters. The molecule has 0 amide bonds. The molecule has 0 N–H and O–H groups in total. The summed E-state index contributed by atoms with van der Waals surface area (Å²) in [5.41, 5.74) is 2.98. The van der Waals surface area contributed by atoms with Crippen LogP contribution in [0.4, 0.5) is 5.69 Å². The van der Waals surface area contributed by atoms with Gasteiger partial charge in [0.05, 0.1) is 10.6 Å². The van der Waals surface area contributed by atoms with Crippen LogP contribution < -0.4 is 4.31 Å². The summed E-state index contributed by atoms with van der Waals surface area (Å²) in [6.07, 6.45) is 1.85. The van der Waals surface area contributed by atoms with Crippen LogP contribution in [0.2, 0.25) is 0 Å². The molecule has 0 bridgehead atoms. The van der Waals surface area contributed by atoms with E-state index >= 15 is 0 Å². The summed E-state index contributed by atoms with van der Waals surface area (Å²) in [6, 6.07) is 14.9. The average molecular weight is 394 g/mol. The molecule has 0 spiro atoms. The third-order valence-corrected chi connectivity index (χ3v) is 6.96. The fourth-order valence-corrected chi connectivity index (χ4v) is 5.27. The fourth-order valence-electron chi connectivity index (χ4n) is 3.06. The summed E-state index contributed by atoms with van der Waals surface area (Å²) in [6.45, 7) is 2.48. The molecular formula is C18H20BrNO2S.